The second-order valence-corrected chi connectivity index (χ2v) is 11.2. The molecule has 2 unspecified atom stereocenters. The van der Waals surface area contributed by atoms with E-state index in [1.165, 1.54) is 0 Å². The van der Waals surface area contributed by atoms with Crippen LogP contribution in [0.4, 0.5) is 0 Å². The van der Waals surface area contributed by atoms with Crippen molar-refractivity contribution in [3.05, 3.63) is 23.5 Å². The Morgan fingerprint density at radius 1 is 0.882 bits per heavy atom. The molecule has 17 heavy (non-hydrogen) atoms. The number of allylic oxidation sites excluding steroid dienone is 2. The fourth-order valence-electron chi connectivity index (χ4n) is 2.42. The van der Waals surface area contributed by atoms with Crippen molar-refractivity contribution in [3.63, 3.8) is 0 Å². The highest BCUT2D eigenvalue weighted by atomic mass is 28.3. The molecule has 2 rings (SSSR count). The van der Waals surface area contributed by atoms with E-state index in [0.29, 0.717) is 0 Å². The van der Waals surface area contributed by atoms with Crippen molar-refractivity contribution >= 4 is 8.07 Å². The SMILES string of the molecule is CC1=CC(C)([Si](C)(C)C2(C)C=C(C)N=N2)N=N1. The van der Waals surface area contributed by atoms with E-state index in [0.717, 1.165) is 11.4 Å². The lowest BCUT2D eigenvalue weighted by Gasteiger charge is -2.42. The summed E-state index contributed by atoms with van der Waals surface area (Å²) in [6, 6.07) is 0. The maximum absolute atomic E-state index is 4.50. The minimum absolute atomic E-state index is 0.189. The van der Waals surface area contributed by atoms with Gasteiger partial charge in [0.15, 0.2) is 0 Å². The number of hydrogen-bond acceptors (Lipinski definition) is 4. The number of azo groups is 2. The van der Waals surface area contributed by atoms with E-state index in [2.05, 4.69) is 59.6 Å². The molecule has 0 fully saturated rings. The zero-order chi connectivity index (χ0) is 12.9. The molecule has 4 nitrogen and oxygen atoms in total. The molecule has 0 bridgehead atoms. The summed E-state index contributed by atoms with van der Waals surface area (Å²) in [5.41, 5.74) is 2.01. The smallest absolute Gasteiger partial charge is 0.126 e. The van der Waals surface area contributed by atoms with Gasteiger partial charge >= 0.3 is 0 Å². The fourth-order valence-corrected chi connectivity index (χ4v) is 5.18. The van der Waals surface area contributed by atoms with Crippen molar-refractivity contribution in [3.8, 4) is 0 Å². The van der Waals surface area contributed by atoms with Gasteiger partial charge in [0.25, 0.3) is 0 Å². The van der Waals surface area contributed by atoms with Gasteiger partial charge in [0.05, 0.1) is 21.7 Å². The molecule has 0 aliphatic carbocycles. The van der Waals surface area contributed by atoms with Crippen LogP contribution >= 0.6 is 0 Å². The lowest BCUT2D eigenvalue weighted by molar-refractivity contribution is 0.670. The van der Waals surface area contributed by atoms with Crippen molar-refractivity contribution in [2.75, 3.05) is 0 Å². The van der Waals surface area contributed by atoms with Gasteiger partial charge in [0.1, 0.15) is 8.07 Å². The minimum Gasteiger partial charge on any atom is -0.182 e. The summed E-state index contributed by atoms with van der Waals surface area (Å²) in [5, 5.41) is 17.0. The van der Waals surface area contributed by atoms with Crippen molar-refractivity contribution < 1.29 is 0 Å². The first-order valence-corrected chi connectivity index (χ1v) is 8.95. The molecule has 0 aromatic heterocycles. The summed E-state index contributed by atoms with van der Waals surface area (Å²) >= 11 is 0. The number of hydrogen-bond donors (Lipinski definition) is 0. The quantitative estimate of drug-likeness (QED) is 0.662. The molecule has 2 heterocycles. The summed E-state index contributed by atoms with van der Waals surface area (Å²) in [5.74, 6) is 0. The highest BCUT2D eigenvalue weighted by Gasteiger charge is 2.56. The Balaban J connectivity index is 2.45. The van der Waals surface area contributed by atoms with E-state index in [1.807, 2.05) is 13.8 Å². The minimum atomic E-state index is -1.84. The Bertz CT molecular complexity index is 433. The van der Waals surface area contributed by atoms with Crippen LogP contribution in [0.2, 0.25) is 13.1 Å². The van der Waals surface area contributed by atoms with E-state index in [9.17, 15) is 0 Å². The van der Waals surface area contributed by atoms with E-state index in [1.54, 1.807) is 0 Å². The van der Waals surface area contributed by atoms with Crippen molar-refractivity contribution in [2.24, 2.45) is 20.5 Å². The number of nitrogens with zero attached hydrogens (tertiary/aromatic N) is 4. The Morgan fingerprint density at radius 2 is 1.24 bits per heavy atom. The zero-order valence-corrected chi connectivity index (χ0v) is 12.4. The van der Waals surface area contributed by atoms with Gasteiger partial charge in [0.2, 0.25) is 0 Å². The van der Waals surface area contributed by atoms with Gasteiger partial charge in [-0.05, 0) is 39.8 Å². The second kappa shape index (κ2) is 3.45. The molecule has 0 spiro atoms. The molecule has 2 aliphatic heterocycles. The third-order valence-corrected chi connectivity index (χ3v) is 9.89. The lowest BCUT2D eigenvalue weighted by atomic mass is 10.3. The van der Waals surface area contributed by atoms with Crippen LogP contribution in [0, 0.1) is 0 Å². The van der Waals surface area contributed by atoms with Crippen LogP contribution in [0.1, 0.15) is 27.7 Å². The van der Waals surface area contributed by atoms with Gasteiger partial charge in [-0.1, -0.05) is 13.1 Å². The molecule has 5 heteroatoms. The molecule has 2 aliphatic rings. The van der Waals surface area contributed by atoms with E-state index < -0.39 is 8.07 Å². The van der Waals surface area contributed by atoms with Crippen LogP contribution in [0.5, 0.6) is 0 Å². The standard InChI is InChI=1S/C12H20N4Si/c1-9-7-11(3,15-13-9)17(5,6)12(4)8-10(2)14-16-12/h7-8H,1-6H3. The maximum atomic E-state index is 4.50. The molecule has 92 valence electrons. The topological polar surface area (TPSA) is 49.4 Å². The summed E-state index contributed by atoms with van der Waals surface area (Å²) in [4.78, 5) is 0. The van der Waals surface area contributed by atoms with Crippen LogP contribution in [-0.2, 0) is 0 Å². The van der Waals surface area contributed by atoms with Gasteiger partial charge in [-0.2, -0.15) is 20.5 Å². The highest BCUT2D eigenvalue weighted by molar-refractivity contribution is 6.84. The van der Waals surface area contributed by atoms with Gasteiger partial charge in [-0.3, -0.25) is 0 Å². The largest absolute Gasteiger partial charge is 0.182 e. The Hall–Kier alpha value is -1.10. The Morgan fingerprint density at radius 3 is 1.47 bits per heavy atom. The third kappa shape index (κ3) is 1.64. The van der Waals surface area contributed by atoms with Crippen LogP contribution in [-0.4, -0.2) is 18.4 Å². The summed E-state index contributed by atoms with van der Waals surface area (Å²) in [7, 11) is -1.84. The monoisotopic (exact) mass is 248 g/mol. The molecular formula is C12H20N4Si. The molecule has 0 saturated carbocycles. The molecular weight excluding hydrogens is 228 g/mol. The predicted molar refractivity (Wildman–Crippen MR) is 71.5 cm³/mol. The zero-order valence-electron chi connectivity index (χ0n) is 11.4. The van der Waals surface area contributed by atoms with Crippen LogP contribution < -0.4 is 0 Å². The summed E-state index contributed by atoms with van der Waals surface area (Å²) in [6.07, 6.45) is 4.36. The first-order valence-electron chi connectivity index (χ1n) is 5.95. The molecule has 0 amide bonds. The molecule has 0 radical (unpaired) electrons. The molecule has 0 aromatic rings. The van der Waals surface area contributed by atoms with Gasteiger partial charge in [-0.25, -0.2) is 0 Å². The van der Waals surface area contributed by atoms with Crippen molar-refractivity contribution in [2.45, 2.75) is 51.1 Å². The normalized spacial score (nSPS) is 36.4. The maximum Gasteiger partial charge on any atom is 0.126 e. The van der Waals surface area contributed by atoms with Gasteiger partial charge in [-0.15, -0.1) is 0 Å². The fraction of sp³-hybridized carbons (Fsp3) is 0.667. The third-order valence-electron chi connectivity index (χ3n) is 4.34. The van der Waals surface area contributed by atoms with Gasteiger partial charge < -0.3 is 0 Å². The average Bonchev–Trinajstić information content (AvgIpc) is 2.73. The van der Waals surface area contributed by atoms with E-state index in [-0.39, 0.29) is 10.3 Å². The average molecular weight is 248 g/mol. The molecule has 0 N–H and O–H groups in total. The molecule has 0 aromatic carbocycles. The summed E-state index contributed by atoms with van der Waals surface area (Å²) in [6.45, 7) is 13.0. The first kappa shape index (κ1) is 12.4. The van der Waals surface area contributed by atoms with Crippen molar-refractivity contribution in [1.29, 1.82) is 0 Å². The van der Waals surface area contributed by atoms with Crippen LogP contribution in [0.15, 0.2) is 44.0 Å². The Kier molecular flexibility index (Phi) is 2.50. The number of rotatable bonds is 2. The molecule has 2 atom stereocenters. The van der Waals surface area contributed by atoms with Crippen molar-refractivity contribution in [1.82, 2.24) is 0 Å². The van der Waals surface area contributed by atoms with E-state index >= 15 is 0 Å². The summed E-state index contributed by atoms with van der Waals surface area (Å²) < 4.78 is 0. The second-order valence-electron chi connectivity index (χ2n) is 5.89. The van der Waals surface area contributed by atoms with Gasteiger partial charge in [0, 0.05) is 0 Å². The lowest BCUT2D eigenvalue weighted by Crippen LogP contribution is -2.62. The van der Waals surface area contributed by atoms with Crippen LogP contribution in [0.3, 0.4) is 0 Å². The highest BCUT2D eigenvalue weighted by Crippen LogP contribution is 2.43. The van der Waals surface area contributed by atoms with Crippen LogP contribution in [0.25, 0.3) is 0 Å². The predicted octanol–water partition coefficient (Wildman–Crippen LogP) is 4.03. The molecule has 0 saturated heterocycles. The van der Waals surface area contributed by atoms with E-state index in [4.69, 9.17) is 0 Å². The first-order chi connectivity index (χ1) is 7.70. The Labute approximate surface area is 104 Å².